The highest BCUT2D eigenvalue weighted by atomic mass is 79.9. The highest BCUT2D eigenvalue weighted by Crippen LogP contribution is 2.35. The van der Waals surface area contributed by atoms with Gasteiger partial charge in [0.2, 0.25) is 0 Å². The summed E-state index contributed by atoms with van der Waals surface area (Å²) < 4.78 is 6.58. The molecular formula is C15H11BrClNO2. The summed E-state index contributed by atoms with van der Waals surface area (Å²) in [7, 11) is 0. The van der Waals surface area contributed by atoms with Crippen LogP contribution >= 0.6 is 27.5 Å². The minimum absolute atomic E-state index is 0.416. The minimum Gasteiger partial charge on any atom is -0.455 e. The van der Waals surface area contributed by atoms with Crippen LogP contribution in [0.3, 0.4) is 0 Å². The predicted octanol–water partition coefficient (Wildman–Crippen LogP) is 4.82. The summed E-state index contributed by atoms with van der Waals surface area (Å²) in [6.45, 7) is 1.64. The van der Waals surface area contributed by atoms with Gasteiger partial charge in [0.05, 0.1) is 22.8 Å². The quantitative estimate of drug-likeness (QED) is 0.861. The van der Waals surface area contributed by atoms with Gasteiger partial charge in [-0.25, -0.2) is 0 Å². The molecule has 5 heteroatoms. The van der Waals surface area contributed by atoms with E-state index >= 15 is 0 Å². The maximum atomic E-state index is 9.76. The molecule has 20 heavy (non-hydrogen) atoms. The fourth-order valence-corrected chi connectivity index (χ4v) is 2.21. The molecule has 2 rings (SSSR count). The largest absolute Gasteiger partial charge is 0.455 e. The van der Waals surface area contributed by atoms with Crippen molar-refractivity contribution in [3.05, 3.63) is 57.0 Å². The van der Waals surface area contributed by atoms with Crippen LogP contribution in [0.1, 0.15) is 24.2 Å². The monoisotopic (exact) mass is 351 g/mol. The molecule has 1 N–H and O–H groups in total. The summed E-state index contributed by atoms with van der Waals surface area (Å²) in [5, 5.41) is 19.2. The van der Waals surface area contributed by atoms with Gasteiger partial charge in [0, 0.05) is 10.0 Å². The third kappa shape index (κ3) is 3.31. The Bertz CT molecular complexity index is 680. The first kappa shape index (κ1) is 14.9. The van der Waals surface area contributed by atoms with Crippen molar-refractivity contribution in [1.29, 1.82) is 5.26 Å². The van der Waals surface area contributed by atoms with E-state index in [-0.39, 0.29) is 0 Å². The number of nitriles is 1. The molecule has 2 aromatic carbocycles. The number of ether oxygens (including phenoxy) is 1. The van der Waals surface area contributed by atoms with Crippen LogP contribution in [0.25, 0.3) is 0 Å². The van der Waals surface area contributed by atoms with Gasteiger partial charge in [-0.1, -0.05) is 33.6 Å². The number of rotatable bonds is 3. The van der Waals surface area contributed by atoms with Crippen LogP contribution in [-0.4, -0.2) is 5.11 Å². The zero-order chi connectivity index (χ0) is 14.7. The number of aliphatic hydroxyl groups is 1. The SMILES string of the molecule is C[C@H](O)c1ccc(C#N)cc1Oc1cc(Br)ccc1Cl. The van der Waals surface area contributed by atoms with Crippen molar-refractivity contribution >= 4 is 27.5 Å². The predicted molar refractivity (Wildman–Crippen MR) is 81.0 cm³/mol. The molecule has 0 bridgehead atoms. The number of nitrogens with zero attached hydrogens (tertiary/aromatic N) is 1. The molecule has 0 radical (unpaired) electrons. The molecule has 0 saturated heterocycles. The van der Waals surface area contributed by atoms with Crippen molar-refractivity contribution in [2.45, 2.75) is 13.0 Å². The maximum Gasteiger partial charge on any atom is 0.147 e. The molecule has 0 aromatic heterocycles. The molecule has 102 valence electrons. The summed E-state index contributed by atoms with van der Waals surface area (Å²) in [5.74, 6) is 0.872. The van der Waals surface area contributed by atoms with Crippen molar-refractivity contribution in [2.24, 2.45) is 0 Å². The van der Waals surface area contributed by atoms with E-state index in [2.05, 4.69) is 15.9 Å². The van der Waals surface area contributed by atoms with Gasteiger partial charge in [0.1, 0.15) is 11.5 Å². The average Bonchev–Trinajstić information content (AvgIpc) is 2.42. The first-order valence-corrected chi connectivity index (χ1v) is 7.03. The van der Waals surface area contributed by atoms with E-state index in [1.54, 1.807) is 43.3 Å². The molecule has 2 aromatic rings. The molecular weight excluding hydrogens is 342 g/mol. The van der Waals surface area contributed by atoms with Crippen molar-refractivity contribution in [3.8, 4) is 17.6 Å². The molecule has 0 aliphatic heterocycles. The second-order valence-electron chi connectivity index (χ2n) is 4.22. The van der Waals surface area contributed by atoms with E-state index in [4.69, 9.17) is 21.6 Å². The second kappa shape index (κ2) is 6.27. The molecule has 0 amide bonds. The van der Waals surface area contributed by atoms with Gasteiger partial charge < -0.3 is 9.84 Å². The van der Waals surface area contributed by atoms with Crippen LogP contribution in [0.5, 0.6) is 11.5 Å². The van der Waals surface area contributed by atoms with Crippen LogP contribution < -0.4 is 4.74 Å². The third-order valence-electron chi connectivity index (χ3n) is 2.71. The van der Waals surface area contributed by atoms with E-state index in [9.17, 15) is 5.11 Å². The Labute approximate surface area is 130 Å². The smallest absolute Gasteiger partial charge is 0.147 e. The fraction of sp³-hybridized carbons (Fsp3) is 0.133. The Hall–Kier alpha value is -1.54. The number of hydrogen-bond acceptors (Lipinski definition) is 3. The Morgan fingerprint density at radius 1 is 1.25 bits per heavy atom. The van der Waals surface area contributed by atoms with Crippen LogP contribution in [0.2, 0.25) is 5.02 Å². The van der Waals surface area contributed by atoms with E-state index in [0.29, 0.717) is 27.6 Å². The second-order valence-corrected chi connectivity index (χ2v) is 5.54. The summed E-state index contributed by atoms with van der Waals surface area (Å²) in [6, 6.07) is 12.2. The highest BCUT2D eigenvalue weighted by molar-refractivity contribution is 9.10. The van der Waals surface area contributed by atoms with Gasteiger partial charge in [-0.05, 0) is 37.3 Å². The lowest BCUT2D eigenvalue weighted by Gasteiger charge is -2.14. The molecule has 0 aliphatic carbocycles. The zero-order valence-electron chi connectivity index (χ0n) is 10.6. The van der Waals surface area contributed by atoms with Gasteiger partial charge in [-0.15, -0.1) is 0 Å². The highest BCUT2D eigenvalue weighted by Gasteiger charge is 2.13. The van der Waals surface area contributed by atoms with Crippen molar-refractivity contribution in [3.63, 3.8) is 0 Å². The molecule has 3 nitrogen and oxygen atoms in total. The minimum atomic E-state index is -0.705. The van der Waals surface area contributed by atoms with Crippen molar-refractivity contribution in [2.75, 3.05) is 0 Å². The standard InChI is InChI=1S/C15H11BrClNO2/c1-9(19)12-4-2-10(8-18)6-14(12)20-15-7-11(16)3-5-13(15)17/h2-7,9,19H,1H3/t9-/m0/s1. The van der Waals surface area contributed by atoms with E-state index in [0.717, 1.165) is 4.47 Å². The lowest BCUT2D eigenvalue weighted by molar-refractivity contribution is 0.195. The molecule has 0 unspecified atom stereocenters. The average molecular weight is 353 g/mol. The van der Waals surface area contributed by atoms with Crippen LogP contribution in [-0.2, 0) is 0 Å². The van der Waals surface area contributed by atoms with Gasteiger partial charge in [0.25, 0.3) is 0 Å². The maximum absolute atomic E-state index is 9.76. The number of halogens is 2. The lowest BCUT2D eigenvalue weighted by Crippen LogP contribution is -1.97. The normalized spacial score (nSPS) is 11.8. The summed E-state index contributed by atoms with van der Waals surface area (Å²) in [4.78, 5) is 0. The Kier molecular flexibility index (Phi) is 4.66. The Morgan fingerprint density at radius 3 is 2.65 bits per heavy atom. The third-order valence-corrected chi connectivity index (χ3v) is 3.51. The number of aliphatic hydroxyl groups excluding tert-OH is 1. The Morgan fingerprint density at radius 2 is 2.00 bits per heavy atom. The molecule has 0 spiro atoms. The number of benzene rings is 2. The fourth-order valence-electron chi connectivity index (χ4n) is 1.71. The van der Waals surface area contributed by atoms with Crippen molar-refractivity contribution < 1.29 is 9.84 Å². The summed E-state index contributed by atoms with van der Waals surface area (Å²) in [5.41, 5.74) is 1.05. The van der Waals surface area contributed by atoms with Crippen LogP contribution in [0.15, 0.2) is 40.9 Å². The summed E-state index contributed by atoms with van der Waals surface area (Å²) >= 11 is 9.42. The van der Waals surface area contributed by atoms with Gasteiger partial charge in [-0.3, -0.25) is 0 Å². The van der Waals surface area contributed by atoms with Crippen molar-refractivity contribution in [1.82, 2.24) is 0 Å². The molecule has 0 fully saturated rings. The van der Waals surface area contributed by atoms with Gasteiger partial charge >= 0.3 is 0 Å². The van der Waals surface area contributed by atoms with E-state index in [1.807, 2.05) is 6.07 Å². The van der Waals surface area contributed by atoms with E-state index < -0.39 is 6.10 Å². The zero-order valence-corrected chi connectivity index (χ0v) is 12.9. The summed E-state index contributed by atoms with van der Waals surface area (Å²) in [6.07, 6.45) is -0.705. The number of hydrogen-bond donors (Lipinski definition) is 1. The topological polar surface area (TPSA) is 53.2 Å². The first-order chi connectivity index (χ1) is 9.51. The first-order valence-electron chi connectivity index (χ1n) is 5.86. The van der Waals surface area contributed by atoms with Crippen LogP contribution in [0.4, 0.5) is 0 Å². The molecule has 0 saturated carbocycles. The molecule has 1 atom stereocenters. The molecule has 0 aliphatic rings. The van der Waals surface area contributed by atoms with E-state index in [1.165, 1.54) is 0 Å². The van der Waals surface area contributed by atoms with Gasteiger partial charge in [0.15, 0.2) is 0 Å². The van der Waals surface area contributed by atoms with Crippen LogP contribution in [0, 0.1) is 11.3 Å². The lowest BCUT2D eigenvalue weighted by atomic mass is 10.1. The molecule has 0 heterocycles. The van der Waals surface area contributed by atoms with Gasteiger partial charge in [-0.2, -0.15) is 5.26 Å². The Balaban J connectivity index is 2.46.